The summed E-state index contributed by atoms with van der Waals surface area (Å²) in [5.74, 6) is -1.25. The van der Waals surface area contributed by atoms with Crippen LogP contribution in [0.25, 0.3) is 0 Å². The maximum Gasteiger partial charge on any atom is 0.250 e. The molecule has 2 rings (SSSR count). The highest BCUT2D eigenvalue weighted by Gasteiger charge is 2.19. The number of benzene rings is 1. The molecule has 0 spiro atoms. The van der Waals surface area contributed by atoms with Gasteiger partial charge in [-0.05, 0) is 24.3 Å². The number of nitrogen functional groups attached to an aromatic ring is 1. The molecule has 20 heavy (non-hydrogen) atoms. The molecular formula is C13H13FN2O3S. The van der Waals surface area contributed by atoms with Crippen molar-refractivity contribution in [1.82, 2.24) is 4.57 Å². The van der Waals surface area contributed by atoms with Crippen molar-refractivity contribution in [2.75, 3.05) is 11.5 Å². The van der Waals surface area contributed by atoms with E-state index >= 15 is 0 Å². The second-order valence-corrected chi connectivity index (χ2v) is 6.32. The Labute approximate surface area is 115 Å². The molecule has 106 valence electrons. The summed E-state index contributed by atoms with van der Waals surface area (Å²) in [7, 11) is -3.81. The summed E-state index contributed by atoms with van der Waals surface area (Å²) >= 11 is 0. The van der Waals surface area contributed by atoms with E-state index in [0.29, 0.717) is 0 Å². The molecule has 0 bridgehead atoms. The minimum Gasteiger partial charge on any atom is -0.399 e. The van der Waals surface area contributed by atoms with Crippen LogP contribution in [0.2, 0.25) is 0 Å². The van der Waals surface area contributed by atoms with Crippen molar-refractivity contribution in [3.8, 4) is 0 Å². The number of halogens is 1. The Kier molecular flexibility index (Phi) is 3.89. The third kappa shape index (κ3) is 3.05. The van der Waals surface area contributed by atoms with Crippen molar-refractivity contribution in [2.45, 2.75) is 11.4 Å². The fourth-order valence-corrected chi connectivity index (χ4v) is 3.03. The molecule has 0 atom stereocenters. The van der Waals surface area contributed by atoms with Gasteiger partial charge < -0.3 is 10.3 Å². The van der Waals surface area contributed by atoms with Gasteiger partial charge in [-0.15, -0.1) is 0 Å². The first-order valence-corrected chi connectivity index (χ1v) is 7.48. The van der Waals surface area contributed by atoms with E-state index in [1.165, 1.54) is 22.9 Å². The molecule has 2 aromatic rings. The number of pyridine rings is 1. The fourth-order valence-electron chi connectivity index (χ4n) is 1.74. The van der Waals surface area contributed by atoms with Crippen LogP contribution in [-0.2, 0) is 16.4 Å². The first kappa shape index (κ1) is 14.3. The van der Waals surface area contributed by atoms with Crippen LogP contribution in [0.4, 0.5) is 10.1 Å². The normalized spacial score (nSPS) is 11.4. The molecule has 2 N–H and O–H groups in total. The Morgan fingerprint density at radius 3 is 2.60 bits per heavy atom. The molecule has 0 amide bonds. The van der Waals surface area contributed by atoms with Gasteiger partial charge in [0.25, 0.3) is 5.56 Å². The second kappa shape index (κ2) is 5.46. The average Bonchev–Trinajstić information content (AvgIpc) is 2.37. The quantitative estimate of drug-likeness (QED) is 0.855. The Bertz CT molecular complexity index is 784. The van der Waals surface area contributed by atoms with E-state index in [9.17, 15) is 17.6 Å². The third-order valence-electron chi connectivity index (χ3n) is 2.79. The highest BCUT2D eigenvalue weighted by molar-refractivity contribution is 7.91. The van der Waals surface area contributed by atoms with E-state index in [4.69, 9.17) is 5.73 Å². The Hall–Kier alpha value is -2.15. The highest BCUT2D eigenvalue weighted by Crippen LogP contribution is 2.18. The summed E-state index contributed by atoms with van der Waals surface area (Å²) in [6, 6.07) is 7.93. The van der Waals surface area contributed by atoms with Gasteiger partial charge in [0.2, 0.25) is 0 Å². The number of aryl methyl sites for hydroxylation is 1. The van der Waals surface area contributed by atoms with Crippen molar-refractivity contribution >= 4 is 15.5 Å². The van der Waals surface area contributed by atoms with Crippen LogP contribution < -0.4 is 11.3 Å². The zero-order valence-electron chi connectivity index (χ0n) is 10.5. The van der Waals surface area contributed by atoms with Crippen LogP contribution in [-0.4, -0.2) is 18.7 Å². The van der Waals surface area contributed by atoms with Crippen LogP contribution in [0.3, 0.4) is 0 Å². The van der Waals surface area contributed by atoms with Crippen LogP contribution in [0.15, 0.2) is 52.3 Å². The standard InChI is InChI=1S/C13H13FN2O3S/c14-11-9-10(15)4-5-12(11)20(18,19)8-7-16-6-2-1-3-13(16)17/h1-6,9H,7-8,15H2. The number of rotatable bonds is 4. The van der Waals surface area contributed by atoms with E-state index in [-0.39, 0.29) is 23.5 Å². The largest absolute Gasteiger partial charge is 0.399 e. The van der Waals surface area contributed by atoms with Gasteiger partial charge in [0, 0.05) is 24.5 Å². The summed E-state index contributed by atoms with van der Waals surface area (Å²) < 4.78 is 39.0. The number of sulfone groups is 1. The van der Waals surface area contributed by atoms with E-state index in [2.05, 4.69) is 0 Å². The van der Waals surface area contributed by atoms with Crippen LogP contribution in [0.5, 0.6) is 0 Å². The molecule has 1 heterocycles. The molecule has 0 aliphatic carbocycles. The van der Waals surface area contributed by atoms with E-state index < -0.39 is 20.5 Å². The molecule has 0 radical (unpaired) electrons. The Morgan fingerprint density at radius 1 is 1.20 bits per heavy atom. The predicted octanol–water partition coefficient (Wildman–Crippen LogP) is 1.04. The number of hydrogen-bond donors (Lipinski definition) is 1. The maximum atomic E-state index is 13.6. The molecule has 1 aromatic heterocycles. The van der Waals surface area contributed by atoms with Crippen LogP contribution >= 0.6 is 0 Å². The second-order valence-electron chi connectivity index (χ2n) is 4.24. The van der Waals surface area contributed by atoms with Gasteiger partial charge in [-0.3, -0.25) is 4.79 Å². The van der Waals surface area contributed by atoms with Crippen molar-refractivity contribution in [1.29, 1.82) is 0 Å². The zero-order valence-corrected chi connectivity index (χ0v) is 11.3. The van der Waals surface area contributed by atoms with Crippen LogP contribution in [0.1, 0.15) is 0 Å². The molecule has 0 unspecified atom stereocenters. The predicted molar refractivity (Wildman–Crippen MR) is 73.6 cm³/mol. The van der Waals surface area contributed by atoms with Gasteiger partial charge in [0.05, 0.1) is 5.75 Å². The molecule has 7 heteroatoms. The molecule has 1 aromatic carbocycles. The molecule has 0 aliphatic rings. The van der Waals surface area contributed by atoms with Gasteiger partial charge in [-0.1, -0.05) is 6.07 Å². The Balaban J connectivity index is 2.24. The number of aromatic nitrogens is 1. The molecule has 0 fully saturated rings. The van der Waals surface area contributed by atoms with Crippen LogP contribution in [0, 0.1) is 5.82 Å². The van der Waals surface area contributed by atoms with Crippen molar-refractivity contribution in [2.24, 2.45) is 0 Å². The topological polar surface area (TPSA) is 82.2 Å². The zero-order chi connectivity index (χ0) is 14.8. The number of nitrogens with zero attached hydrogens (tertiary/aromatic N) is 1. The summed E-state index contributed by atoms with van der Waals surface area (Å²) in [6.45, 7) is -0.0359. The fraction of sp³-hybridized carbons (Fsp3) is 0.154. The summed E-state index contributed by atoms with van der Waals surface area (Å²) in [5.41, 5.74) is 5.22. The number of nitrogens with two attached hydrogens (primary N) is 1. The lowest BCUT2D eigenvalue weighted by molar-refractivity contribution is 0.562. The summed E-state index contributed by atoms with van der Waals surface area (Å²) in [4.78, 5) is 11.1. The van der Waals surface area contributed by atoms with E-state index in [0.717, 1.165) is 12.1 Å². The van der Waals surface area contributed by atoms with Gasteiger partial charge >= 0.3 is 0 Å². The highest BCUT2D eigenvalue weighted by atomic mass is 32.2. The van der Waals surface area contributed by atoms with E-state index in [1.54, 1.807) is 12.1 Å². The average molecular weight is 296 g/mol. The summed E-state index contributed by atoms with van der Waals surface area (Å²) in [6.07, 6.45) is 1.48. The first-order valence-electron chi connectivity index (χ1n) is 5.83. The smallest absolute Gasteiger partial charge is 0.250 e. The van der Waals surface area contributed by atoms with Crippen molar-refractivity contribution in [3.63, 3.8) is 0 Å². The summed E-state index contributed by atoms with van der Waals surface area (Å²) in [5, 5.41) is 0. The maximum absolute atomic E-state index is 13.6. The SMILES string of the molecule is Nc1ccc(S(=O)(=O)CCn2ccccc2=O)c(F)c1. The number of hydrogen-bond acceptors (Lipinski definition) is 4. The van der Waals surface area contributed by atoms with Gasteiger partial charge in [0.15, 0.2) is 9.84 Å². The molecule has 0 aliphatic heterocycles. The third-order valence-corrected chi connectivity index (χ3v) is 4.51. The molecule has 5 nitrogen and oxygen atoms in total. The number of anilines is 1. The monoisotopic (exact) mass is 296 g/mol. The van der Waals surface area contributed by atoms with Crippen molar-refractivity contribution in [3.05, 3.63) is 58.8 Å². The van der Waals surface area contributed by atoms with E-state index in [1.807, 2.05) is 0 Å². The van der Waals surface area contributed by atoms with Crippen molar-refractivity contribution < 1.29 is 12.8 Å². The minimum atomic E-state index is -3.81. The van der Waals surface area contributed by atoms with Gasteiger partial charge in [-0.2, -0.15) is 0 Å². The van der Waals surface area contributed by atoms with Gasteiger partial charge in [-0.25, -0.2) is 12.8 Å². The molecule has 0 saturated carbocycles. The molecule has 0 saturated heterocycles. The Morgan fingerprint density at radius 2 is 1.95 bits per heavy atom. The lowest BCUT2D eigenvalue weighted by atomic mass is 10.3. The van der Waals surface area contributed by atoms with Gasteiger partial charge in [0.1, 0.15) is 10.7 Å². The minimum absolute atomic E-state index is 0.0359. The lowest BCUT2D eigenvalue weighted by Crippen LogP contribution is -2.23. The first-order chi connectivity index (χ1) is 9.40. The molecular weight excluding hydrogens is 283 g/mol. The lowest BCUT2D eigenvalue weighted by Gasteiger charge is -2.08.